The molecule has 0 N–H and O–H groups in total. The first-order valence-electron chi connectivity index (χ1n) is 6.48. The van der Waals surface area contributed by atoms with E-state index in [1.807, 2.05) is 0 Å². The van der Waals surface area contributed by atoms with Gasteiger partial charge in [-0.1, -0.05) is 29.3 Å². The maximum Gasteiger partial charge on any atom is 0.366 e. The smallest absolute Gasteiger partial charge is 0.366 e. The molecule has 0 saturated carbocycles. The Kier molecular flexibility index (Phi) is 4.06. The maximum absolute atomic E-state index is 12.1. The van der Waals surface area contributed by atoms with Gasteiger partial charge in [0.15, 0.2) is 12.4 Å². The van der Waals surface area contributed by atoms with Gasteiger partial charge in [-0.25, -0.2) is 0 Å². The first-order chi connectivity index (χ1) is 11.0. The molecule has 0 atom stereocenters. The predicted molar refractivity (Wildman–Crippen MR) is 84.0 cm³/mol. The molecule has 1 aliphatic rings. The van der Waals surface area contributed by atoms with E-state index < -0.39 is 4.92 Å². The number of hydrogen-bond donors (Lipinski definition) is 0. The van der Waals surface area contributed by atoms with Gasteiger partial charge >= 0.3 is 5.82 Å². The fourth-order valence-electron chi connectivity index (χ4n) is 2.15. The van der Waals surface area contributed by atoms with E-state index in [9.17, 15) is 14.9 Å². The van der Waals surface area contributed by atoms with Gasteiger partial charge in [0.25, 0.3) is 11.7 Å². The van der Waals surface area contributed by atoms with Gasteiger partial charge in [-0.05, 0) is 33.7 Å². The number of benzene rings is 1. The summed E-state index contributed by atoms with van der Waals surface area (Å²) < 4.78 is 5.26. The van der Waals surface area contributed by atoms with Gasteiger partial charge < -0.3 is 14.9 Å². The molecule has 2 aromatic rings. The third kappa shape index (κ3) is 3.06. The topological polar surface area (TPSA) is 85.6 Å². The summed E-state index contributed by atoms with van der Waals surface area (Å²) in [4.78, 5) is 27.6. The molecule has 1 amide bonds. The van der Waals surface area contributed by atoms with Gasteiger partial charge in [0.05, 0.1) is 6.54 Å². The Morgan fingerprint density at radius 3 is 2.78 bits per heavy atom. The van der Waals surface area contributed by atoms with Gasteiger partial charge in [-0.2, -0.15) is 0 Å². The summed E-state index contributed by atoms with van der Waals surface area (Å²) in [5.74, 6) is -0.326. The summed E-state index contributed by atoms with van der Waals surface area (Å²) in [6.45, 7) is -0.0585. The minimum atomic E-state index is -0.632. The number of nitro groups is 1. The Hall–Kier alpha value is -2.38. The normalized spacial score (nSPS) is 13.5. The first-order valence-corrected chi connectivity index (χ1v) is 7.24. The van der Waals surface area contributed by atoms with Crippen molar-refractivity contribution in [1.82, 2.24) is 4.98 Å². The standard InChI is InChI=1S/C14H9Cl2N3O4/c15-9-2-1-8(10(16)5-9)6-18-13(20)7-23-11-3-4-12(19(21)22)17-14(11)18/h1-5H,6-7H2. The highest BCUT2D eigenvalue weighted by Gasteiger charge is 2.32. The van der Waals surface area contributed by atoms with E-state index in [0.29, 0.717) is 21.4 Å². The second-order valence-electron chi connectivity index (χ2n) is 4.75. The van der Waals surface area contributed by atoms with Crippen molar-refractivity contribution in [1.29, 1.82) is 0 Å². The van der Waals surface area contributed by atoms with Crippen LogP contribution in [0.15, 0.2) is 30.3 Å². The molecule has 118 valence electrons. The van der Waals surface area contributed by atoms with Crippen LogP contribution in [-0.2, 0) is 11.3 Å². The van der Waals surface area contributed by atoms with Gasteiger partial charge in [-0.3, -0.25) is 9.69 Å². The molecule has 0 radical (unpaired) electrons. The molecule has 0 unspecified atom stereocenters. The fraction of sp³-hybridized carbons (Fsp3) is 0.143. The minimum absolute atomic E-state index is 0.0986. The van der Waals surface area contributed by atoms with Gasteiger partial charge in [0.2, 0.25) is 0 Å². The molecule has 23 heavy (non-hydrogen) atoms. The van der Waals surface area contributed by atoms with Crippen molar-refractivity contribution < 1.29 is 14.5 Å². The zero-order chi connectivity index (χ0) is 16.6. The number of halogens is 2. The van der Waals surface area contributed by atoms with Crippen LogP contribution in [-0.4, -0.2) is 22.4 Å². The summed E-state index contributed by atoms with van der Waals surface area (Å²) >= 11 is 12.0. The largest absolute Gasteiger partial charge is 0.477 e. The van der Waals surface area contributed by atoms with Gasteiger partial charge in [-0.15, -0.1) is 0 Å². The van der Waals surface area contributed by atoms with Crippen molar-refractivity contribution in [2.45, 2.75) is 6.54 Å². The van der Waals surface area contributed by atoms with Crippen LogP contribution in [0.25, 0.3) is 0 Å². The molecule has 0 bridgehead atoms. The summed E-state index contributed by atoms with van der Waals surface area (Å²) in [7, 11) is 0. The quantitative estimate of drug-likeness (QED) is 0.624. The van der Waals surface area contributed by atoms with E-state index in [1.54, 1.807) is 18.2 Å². The fourth-order valence-corrected chi connectivity index (χ4v) is 2.62. The highest BCUT2D eigenvalue weighted by atomic mass is 35.5. The summed E-state index contributed by atoms with van der Waals surface area (Å²) in [6.07, 6.45) is 0. The van der Waals surface area contributed by atoms with Crippen LogP contribution in [0, 0.1) is 10.1 Å². The lowest BCUT2D eigenvalue weighted by Crippen LogP contribution is -2.39. The van der Waals surface area contributed by atoms with Crippen molar-refractivity contribution >= 4 is 40.7 Å². The van der Waals surface area contributed by atoms with Crippen LogP contribution < -0.4 is 9.64 Å². The third-order valence-electron chi connectivity index (χ3n) is 3.26. The van der Waals surface area contributed by atoms with E-state index in [4.69, 9.17) is 27.9 Å². The molecular formula is C14H9Cl2N3O4. The highest BCUT2D eigenvalue weighted by molar-refractivity contribution is 6.35. The summed E-state index contributed by atoms with van der Waals surface area (Å²) in [5, 5.41) is 11.8. The first kappa shape index (κ1) is 15.5. The minimum Gasteiger partial charge on any atom is -0.477 e. The molecular weight excluding hydrogens is 345 g/mol. The van der Waals surface area contributed by atoms with Crippen LogP contribution in [0.5, 0.6) is 5.75 Å². The van der Waals surface area contributed by atoms with Crippen molar-refractivity contribution in [3.63, 3.8) is 0 Å². The van der Waals surface area contributed by atoms with E-state index in [0.717, 1.165) is 0 Å². The number of carbonyl (C=O) groups excluding carboxylic acids is 1. The Morgan fingerprint density at radius 2 is 2.09 bits per heavy atom. The Labute approximate surface area is 140 Å². The van der Waals surface area contributed by atoms with Crippen LogP contribution >= 0.6 is 23.2 Å². The molecule has 0 spiro atoms. The second kappa shape index (κ2) is 6.02. The number of pyridine rings is 1. The van der Waals surface area contributed by atoms with E-state index >= 15 is 0 Å². The van der Waals surface area contributed by atoms with Gasteiger partial charge in [0.1, 0.15) is 0 Å². The predicted octanol–water partition coefficient (Wildman–Crippen LogP) is 3.22. The monoisotopic (exact) mass is 353 g/mol. The Morgan fingerprint density at radius 1 is 1.30 bits per heavy atom. The lowest BCUT2D eigenvalue weighted by Gasteiger charge is -2.25. The third-order valence-corrected chi connectivity index (χ3v) is 3.85. The molecule has 0 fully saturated rings. The van der Waals surface area contributed by atoms with Crippen molar-refractivity contribution in [2.75, 3.05) is 11.5 Å². The number of carbonyl (C=O) groups is 1. The molecule has 0 aliphatic carbocycles. The number of aromatic nitrogens is 1. The number of ether oxygens (including phenoxy) is 1. The molecule has 7 nitrogen and oxygen atoms in total. The zero-order valence-corrected chi connectivity index (χ0v) is 13.0. The van der Waals surface area contributed by atoms with Crippen molar-refractivity contribution in [3.8, 4) is 5.75 Å². The molecule has 1 aromatic heterocycles. The molecule has 9 heteroatoms. The van der Waals surface area contributed by atoms with Crippen LogP contribution in [0.3, 0.4) is 0 Å². The average molecular weight is 354 g/mol. The van der Waals surface area contributed by atoms with E-state index in [-0.39, 0.29) is 30.7 Å². The lowest BCUT2D eigenvalue weighted by atomic mass is 10.2. The van der Waals surface area contributed by atoms with E-state index in [2.05, 4.69) is 4.98 Å². The average Bonchev–Trinajstić information content (AvgIpc) is 2.51. The number of amides is 1. The summed E-state index contributed by atoms with van der Waals surface area (Å²) in [5.41, 5.74) is 0.644. The number of nitrogens with zero attached hydrogens (tertiary/aromatic N) is 3. The van der Waals surface area contributed by atoms with Crippen molar-refractivity contribution in [2.24, 2.45) is 0 Å². The van der Waals surface area contributed by atoms with E-state index in [1.165, 1.54) is 17.0 Å². The molecule has 2 heterocycles. The lowest BCUT2D eigenvalue weighted by molar-refractivity contribution is -0.389. The van der Waals surface area contributed by atoms with Crippen LogP contribution in [0.2, 0.25) is 10.0 Å². The highest BCUT2D eigenvalue weighted by Crippen LogP contribution is 2.34. The van der Waals surface area contributed by atoms with Gasteiger partial charge in [0, 0.05) is 16.1 Å². The molecule has 1 aliphatic heterocycles. The van der Waals surface area contributed by atoms with Crippen molar-refractivity contribution in [3.05, 3.63) is 56.1 Å². The maximum atomic E-state index is 12.1. The number of hydrogen-bond acceptors (Lipinski definition) is 5. The molecule has 1 aromatic carbocycles. The number of anilines is 1. The molecule has 3 rings (SSSR count). The Balaban J connectivity index is 2.00. The summed E-state index contributed by atoms with van der Waals surface area (Å²) in [6, 6.07) is 7.54. The Bertz CT molecular complexity index is 813. The zero-order valence-electron chi connectivity index (χ0n) is 11.5. The number of rotatable bonds is 3. The van der Waals surface area contributed by atoms with Crippen LogP contribution in [0.1, 0.15) is 5.56 Å². The van der Waals surface area contributed by atoms with Crippen LogP contribution in [0.4, 0.5) is 11.6 Å². The molecule has 0 saturated heterocycles. The number of fused-ring (bicyclic) bond motifs is 1. The second-order valence-corrected chi connectivity index (χ2v) is 5.60. The SMILES string of the molecule is O=C1COc2ccc([N+](=O)[O-])nc2N1Cc1ccc(Cl)cc1Cl.